The second kappa shape index (κ2) is 3.92. The summed E-state index contributed by atoms with van der Waals surface area (Å²) in [6, 6.07) is 7.04. The minimum absolute atomic E-state index is 0.00407. The zero-order valence-corrected chi connectivity index (χ0v) is 9.98. The molecule has 4 nitrogen and oxygen atoms in total. The molecule has 18 heavy (non-hydrogen) atoms. The van der Waals surface area contributed by atoms with Crippen molar-refractivity contribution in [2.75, 3.05) is 5.32 Å². The van der Waals surface area contributed by atoms with Crippen molar-refractivity contribution in [2.24, 2.45) is 5.92 Å². The standard InChI is InChI=1S/C14H15NO3/c16-12-8-4-2-6-10(12)14(18)9-5-1-3-7-11(9)15-13(14)17/h1,3,5,7,10,18H,2,4,6,8H2,(H,15,17)/t10-,14-/m0/s1. The average molecular weight is 245 g/mol. The zero-order valence-electron chi connectivity index (χ0n) is 9.98. The lowest BCUT2D eigenvalue weighted by Crippen LogP contribution is -2.46. The van der Waals surface area contributed by atoms with Crippen molar-refractivity contribution in [1.29, 1.82) is 0 Å². The Labute approximate surface area is 105 Å². The molecule has 1 fully saturated rings. The molecule has 1 saturated carbocycles. The number of ketones is 1. The quantitative estimate of drug-likeness (QED) is 0.789. The van der Waals surface area contributed by atoms with Crippen LogP contribution in [0.25, 0.3) is 0 Å². The Morgan fingerprint density at radius 3 is 2.78 bits per heavy atom. The van der Waals surface area contributed by atoms with Crippen LogP contribution in [0.15, 0.2) is 24.3 Å². The molecular weight excluding hydrogens is 230 g/mol. The van der Waals surface area contributed by atoms with Crippen molar-refractivity contribution in [3.63, 3.8) is 0 Å². The summed E-state index contributed by atoms with van der Waals surface area (Å²) in [6.07, 6.45) is 2.78. The number of anilines is 1. The van der Waals surface area contributed by atoms with Gasteiger partial charge in [0.05, 0.1) is 5.92 Å². The highest BCUT2D eigenvalue weighted by molar-refractivity contribution is 6.07. The fraction of sp³-hybridized carbons (Fsp3) is 0.429. The number of nitrogens with one attached hydrogen (secondary N) is 1. The van der Waals surface area contributed by atoms with Gasteiger partial charge >= 0.3 is 0 Å². The van der Waals surface area contributed by atoms with Gasteiger partial charge in [-0.25, -0.2) is 0 Å². The van der Waals surface area contributed by atoms with E-state index in [9.17, 15) is 14.7 Å². The number of hydrogen-bond donors (Lipinski definition) is 2. The molecule has 1 heterocycles. The molecule has 0 saturated heterocycles. The van der Waals surface area contributed by atoms with Gasteiger partial charge < -0.3 is 10.4 Å². The van der Waals surface area contributed by atoms with Gasteiger partial charge in [-0.15, -0.1) is 0 Å². The van der Waals surface area contributed by atoms with E-state index in [-0.39, 0.29) is 5.78 Å². The normalized spacial score (nSPS) is 31.1. The first-order valence-corrected chi connectivity index (χ1v) is 6.30. The number of benzene rings is 1. The molecule has 0 radical (unpaired) electrons. The molecule has 1 aliphatic carbocycles. The molecule has 94 valence electrons. The smallest absolute Gasteiger partial charge is 0.261 e. The van der Waals surface area contributed by atoms with Gasteiger partial charge in [0.25, 0.3) is 5.91 Å². The summed E-state index contributed by atoms with van der Waals surface area (Å²) in [5.74, 6) is -1.07. The number of hydrogen-bond acceptors (Lipinski definition) is 3. The van der Waals surface area contributed by atoms with E-state index in [1.54, 1.807) is 24.3 Å². The van der Waals surface area contributed by atoms with Crippen molar-refractivity contribution in [2.45, 2.75) is 31.3 Å². The molecule has 2 N–H and O–H groups in total. The molecule has 2 atom stereocenters. The predicted octanol–water partition coefficient (Wildman–Crippen LogP) is 1.59. The third-order valence-corrected chi connectivity index (χ3v) is 3.99. The second-order valence-corrected chi connectivity index (χ2v) is 5.03. The van der Waals surface area contributed by atoms with E-state index in [1.165, 1.54) is 0 Å². The number of rotatable bonds is 1. The SMILES string of the molecule is O=C1CCCC[C@@H]1[C@]1(O)C(=O)Nc2ccccc21. The third kappa shape index (κ3) is 1.42. The van der Waals surface area contributed by atoms with Crippen molar-refractivity contribution in [3.05, 3.63) is 29.8 Å². The van der Waals surface area contributed by atoms with Crippen molar-refractivity contribution in [1.82, 2.24) is 0 Å². The molecule has 0 unspecified atom stereocenters. The minimum Gasteiger partial charge on any atom is -0.375 e. The van der Waals surface area contributed by atoms with Gasteiger partial charge in [0.1, 0.15) is 5.78 Å². The van der Waals surface area contributed by atoms with E-state index >= 15 is 0 Å². The Morgan fingerprint density at radius 2 is 2.00 bits per heavy atom. The predicted molar refractivity (Wildman–Crippen MR) is 65.9 cm³/mol. The maximum Gasteiger partial charge on any atom is 0.261 e. The summed E-state index contributed by atoms with van der Waals surface area (Å²) in [6.45, 7) is 0. The van der Waals surface area contributed by atoms with E-state index in [0.29, 0.717) is 24.1 Å². The number of carbonyl (C=O) groups excluding carboxylic acids is 2. The van der Waals surface area contributed by atoms with Gasteiger partial charge in [-0.3, -0.25) is 9.59 Å². The van der Waals surface area contributed by atoms with E-state index in [1.807, 2.05) is 0 Å². The van der Waals surface area contributed by atoms with E-state index < -0.39 is 17.4 Å². The van der Waals surface area contributed by atoms with Crippen LogP contribution in [0.3, 0.4) is 0 Å². The largest absolute Gasteiger partial charge is 0.375 e. The summed E-state index contributed by atoms with van der Waals surface area (Å²) < 4.78 is 0. The molecule has 1 aromatic carbocycles. The molecule has 0 spiro atoms. The van der Waals surface area contributed by atoms with Gasteiger partial charge in [-0.2, -0.15) is 0 Å². The first-order chi connectivity index (χ1) is 8.64. The number of Topliss-reactive ketones (excluding diaryl/α,β-unsaturated/α-hetero) is 1. The second-order valence-electron chi connectivity index (χ2n) is 5.03. The number of amides is 1. The molecule has 0 bridgehead atoms. The Bertz CT molecular complexity index is 526. The van der Waals surface area contributed by atoms with E-state index in [2.05, 4.69) is 5.32 Å². The van der Waals surface area contributed by atoms with Crippen LogP contribution in [0.5, 0.6) is 0 Å². The molecule has 1 aromatic rings. The van der Waals surface area contributed by atoms with Gasteiger partial charge in [-0.05, 0) is 18.9 Å². The summed E-state index contributed by atoms with van der Waals surface area (Å²) in [7, 11) is 0. The van der Waals surface area contributed by atoms with Crippen LogP contribution in [-0.4, -0.2) is 16.8 Å². The number of fused-ring (bicyclic) bond motifs is 1. The molecule has 4 heteroatoms. The highest BCUT2D eigenvalue weighted by atomic mass is 16.3. The van der Waals surface area contributed by atoms with Crippen LogP contribution in [0, 0.1) is 5.92 Å². The van der Waals surface area contributed by atoms with Crippen LogP contribution in [0.4, 0.5) is 5.69 Å². The van der Waals surface area contributed by atoms with Crippen LogP contribution < -0.4 is 5.32 Å². The summed E-state index contributed by atoms with van der Waals surface area (Å²) in [5.41, 5.74) is -0.521. The van der Waals surface area contributed by atoms with Crippen molar-refractivity contribution >= 4 is 17.4 Å². The van der Waals surface area contributed by atoms with Crippen LogP contribution >= 0.6 is 0 Å². The molecule has 2 aliphatic rings. The fourth-order valence-corrected chi connectivity index (χ4v) is 3.04. The summed E-state index contributed by atoms with van der Waals surface area (Å²) in [4.78, 5) is 24.1. The van der Waals surface area contributed by atoms with Gasteiger partial charge in [0.15, 0.2) is 5.60 Å². The Balaban J connectivity index is 2.08. The molecule has 1 aliphatic heterocycles. The van der Waals surface area contributed by atoms with Crippen LogP contribution in [-0.2, 0) is 15.2 Å². The topological polar surface area (TPSA) is 66.4 Å². The first kappa shape index (κ1) is 11.4. The van der Waals surface area contributed by atoms with E-state index in [0.717, 1.165) is 12.8 Å². The van der Waals surface area contributed by atoms with Crippen LogP contribution in [0.1, 0.15) is 31.2 Å². The highest BCUT2D eigenvalue weighted by Gasteiger charge is 2.53. The lowest BCUT2D eigenvalue weighted by molar-refractivity contribution is -0.150. The maximum absolute atomic E-state index is 12.1. The van der Waals surface area contributed by atoms with Crippen molar-refractivity contribution in [3.8, 4) is 0 Å². The number of aliphatic hydroxyl groups is 1. The van der Waals surface area contributed by atoms with E-state index in [4.69, 9.17) is 0 Å². The average Bonchev–Trinajstić information content (AvgIpc) is 2.63. The van der Waals surface area contributed by atoms with Crippen molar-refractivity contribution < 1.29 is 14.7 Å². The molecule has 1 amide bonds. The number of carbonyl (C=O) groups is 2. The Hall–Kier alpha value is -1.68. The first-order valence-electron chi connectivity index (χ1n) is 6.30. The fourth-order valence-electron chi connectivity index (χ4n) is 3.04. The lowest BCUT2D eigenvalue weighted by Gasteiger charge is -2.32. The number of para-hydroxylation sites is 1. The van der Waals surface area contributed by atoms with Gasteiger partial charge in [0, 0.05) is 17.7 Å². The third-order valence-electron chi connectivity index (χ3n) is 3.99. The monoisotopic (exact) mass is 245 g/mol. The van der Waals surface area contributed by atoms with Gasteiger partial charge in [-0.1, -0.05) is 24.6 Å². The lowest BCUT2D eigenvalue weighted by atomic mass is 9.73. The Kier molecular flexibility index (Phi) is 2.48. The molecule has 0 aromatic heterocycles. The summed E-state index contributed by atoms with van der Waals surface area (Å²) >= 11 is 0. The summed E-state index contributed by atoms with van der Waals surface area (Å²) in [5, 5.41) is 13.4. The molecule has 3 rings (SSSR count). The molecular formula is C14H15NO3. The zero-order chi connectivity index (χ0) is 12.8. The van der Waals surface area contributed by atoms with Crippen LogP contribution in [0.2, 0.25) is 0 Å². The maximum atomic E-state index is 12.1. The Morgan fingerprint density at radius 1 is 1.22 bits per heavy atom. The minimum atomic E-state index is -1.67. The highest BCUT2D eigenvalue weighted by Crippen LogP contribution is 2.44. The van der Waals surface area contributed by atoms with Gasteiger partial charge in [0.2, 0.25) is 0 Å².